The Morgan fingerprint density at radius 3 is 2.88 bits per heavy atom. The van der Waals surface area contributed by atoms with Crippen molar-refractivity contribution in [2.45, 2.75) is 6.92 Å². The maximum atomic E-state index is 10.4. The summed E-state index contributed by atoms with van der Waals surface area (Å²) in [6.07, 6.45) is 3.42. The van der Waals surface area contributed by atoms with Crippen molar-refractivity contribution in [1.82, 2.24) is 4.98 Å². The van der Waals surface area contributed by atoms with E-state index in [-0.39, 0.29) is 5.88 Å². The molecule has 0 spiro atoms. The molecule has 0 fully saturated rings. The van der Waals surface area contributed by atoms with Crippen LogP contribution in [-0.4, -0.2) is 9.91 Å². The summed E-state index contributed by atoms with van der Waals surface area (Å²) in [5.74, 6) is 0.189. The van der Waals surface area contributed by atoms with Gasteiger partial charge in [-0.3, -0.25) is 10.1 Å². The van der Waals surface area contributed by atoms with Crippen molar-refractivity contribution in [3.63, 3.8) is 0 Å². The van der Waals surface area contributed by atoms with Crippen molar-refractivity contribution in [2.24, 2.45) is 0 Å². The van der Waals surface area contributed by atoms with Gasteiger partial charge in [0.2, 0.25) is 0 Å². The Balaban J connectivity index is 2.14. The molecule has 2 aromatic rings. The zero-order valence-corrected chi connectivity index (χ0v) is 9.23. The van der Waals surface area contributed by atoms with Crippen molar-refractivity contribution in [2.75, 3.05) is 0 Å². The first-order valence-electron chi connectivity index (χ1n) is 4.49. The molecule has 0 aliphatic heterocycles. The second-order valence-corrected chi connectivity index (χ2v) is 3.98. The van der Waals surface area contributed by atoms with Gasteiger partial charge in [0.25, 0.3) is 0 Å². The molecule has 0 saturated heterocycles. The van der Waals surface area contributed by atoms with Crippen LogP contribution in [0.25, 0.3) is 12.2 Å². The minimum atomic E-state index is -0.565. The van der Waals surface area contributed by atoms with Gasteiger partial charge in [-0.15, -0.1) is 11.3 Å². The number of furan rings is 1. The summed E-state index contributed by atoms with van der Waals surface area (Å²) in [6.45, 7) is 1.91. The molecule has 16 heavy (non-hydrogen) atoms. The minimum Gasteiger partial charge on any atom is -0.401 e. The SMILES string of the molecule is Cc1csc(C=Cc2ccc([N+](=O)[O-])o2)n1. The van der Waals surface area contributed by atoms with Gasteiger partial charge in [-0.05, 0) is 25.1 Å². The van der Waals surface area contributed by atoms with E-state index in [1.807, 2.05) is 12.3 Å². The lowest BCUT2D eigenvalue weighted by molar-refractivity contribution is -0.402. The van der Waals surface area contributed by atoms with Crippen molar-refractivity contribution in [1.29, 1.82) is 0 Å². The first-order chi connectivity index (χ1) is 7.65. The fourth-order valence-electron chi connectivity index (χ4n) is 1.13. The van der Waals surface area contributed by atoms with E-state index in [0.29, 0.717) is 5.76 Å². The lowest BCUT2D eigenvalue weighted by atomic mass is 10.4. The Bertz CT molecular complexity index is 542. The quantitative estimate of drug-likeness (QED) is 0.606. The number of rotatable bonds is 3. The fourth-order valence-corrected chi connectivity index (χ4v) is 1.82. The van der Waals surface area contributed by atoms with Gasteiger partial charge in [0.1, 0.15) is 15.7 Å². The molecule has 0 radical (unpaired) electrons. The van der Waals surface area contributed by atoms with Crippen molar-refractivity contribution in [3.8, 4) is 0 Å². The second kappa shape index (κ2) is 4.28. The minimum absolute atomic E-state index is 0.255. The zero-order chi connectivity index (χ0) is 11.5. The summed E-state index contributed by atoms with van der Waals surface area (Å²) < 4.78 is 4.96. The Labute approximate surface area is 95.2 Å². The maximum absolute atomic E-state index is 10.4. The van der Waals surface area contributed by atoms with Gasteiger partial charge in [-0.25, -0.2) is 4.98 Å². The number of aryl methyl sites for hydroxylation is 1. The lowest BCUT2D eigenvalue weighted by Gasteiger charge is -1.84. The molecule has 0 unspecified atom stereocenters. The first-order valence-corrected chi connectivity index (χ1v) is 5.37. The Morgan fingerprint density at radius 1 is 1.50 bits per heavy atom. The molecule has 82 valence electrons. The molecule has 5 nitrogen and oxygen atoms in total. The van der Waals surface area contributed by atoms with Crippen LogP contribution in [-0.2, 0) is 0 Å². The third-order valence-corrected chi connectivity index (χ3v) is 2.75. The van der Waals surface area contributed by atoms with E-state index in [9.17, 15) is 10.1 Å². The molecule has 0 bridgehead atoms. The van der Waals surface area contributed by atoms with Gasteiger partial charge in [0, 0.05) is 11.1 Å². The van der Waals surface area contributed by atoms with Crippen molar-refractivity contribution >= 4 is 29.4 Å². The van der Waals surface area contributed by atoms with Gasteiger partial charge >= 0.3 is 5.88 Å². The van der Waals surface area contributed by atoms with E-state index >= 15 is 0 Å². The summed E-state index contributed by atoms with van der Waals surface area (Å²) in [6, 6.07) is 2.88. The largest absolute Gasteiger partial charge is 0.433 e. The molecular formula is C10H8N2O3S. The molecule has 0 aliphatic carbocycles. The second-order valence-electron chi connectivity index (χ2n) is 3.09. The van der Waals surface area contributed by atoms with Crippen LogP contribution < -0.4 is 0 Å². The van der Waals surface area contributed by atoms with E-state index in [4.69, 9.17) is 4.42 Å². The highest BCUT2D eigenvalue weighted by molar-refractivity contribution is 7.10. The Hall–Kier alpha value is -1.95. The molecule has 2 aromatic heterocycles. The van der Waals surface area contributed by atoms with Crippen LogP contribution >= 0.6 is 11.3 Å². The molecule has 6 heteroatoms. The van der Waals surface area contributed by atoms with Crippen LogP contribution in [0.15, 0.2) is 21.9 Å². The summed E-state index contributed by atoms with van der Waals surface area (Å²) >= 11 is 1.51. The number of hydrogen-bond acceptors (Lipinski definition) is 5. The molecule has 2 rings (SSSR count). The van der Waals surface area contributed by atoms with Gasteiger partial charge < -0.3 is 4.42 Å². The number of aromatic nitrogens is 1. The average Bonchev–Trinajstić information content (AvgIpc) is 2.83. The van der Waals surface area contributed by atoms with Crippen molar-refractivity contribution in [3.05, 3.63) is 44.1 Å². The normalized spacial score (nSPS) is 11.1. The van der Waals surface area contributed by atoms with E-state index in [2.05, 4.69) is 4.98 Å². The van der Waals surface area contributed by atoms with E-state index in [1.54, 1.807) is 18.2 Å². The van der Waals surface area contributed by atoms with Crippen LogP contribution in [0.4, 0.5) is 5.88 Å². The van der Waals surface area contributed by atoms with E-state index in [0.717, 1.165) is 10.7 Å². The predicted molar refractivity (Wildman–Crippen MR) is 61.1 cm³/mol. The third kappa shape index (κ3) is 2.34. The van der Waals surface area contributed by atoms with Gasteiger partial charge in [-0.1, -0.05) is 0 Å². The number of nitrogens with zero attached hydrogens (tertiary/aromatic N) is 2. The fraction of sp³-hybridized carbons (Fsp3) is 0.100. The molecule has 0 saturated carbocycles. The lowest BCUT2D eigenvalue weighted by Crippen LogP contribution is -1.82. The first kappa shape index (κ1) is 10.6. The van der Waals surface area contributed by atoms with Crippen LogP contribution in [0, 0.1) is 17.0 Å². The monoisotopic (exact) mass is 236 g/mol. The summed E-state index contributed by atoms with van der Waals surface area (Å²) in [7, 11) is 0. The maximum Gasteiger partial charge on any atom is 0.433 e. The van der Waals surface area contributed by atoms with Crippen molar-refractivity contribution < 1.29 is 9.34 Å². The zero-order valence-electron chi connectivity index (χ0n) is 8.41. The van der Waals surface area contributed by atoms with Crippen LogP contribution in [0.2, 0.25) is 0 Å². The van der Waals surface area contributed by atoms with Gasteiger partial charge in [0.15, 0.2) is 0 Å². The van der Waals surface area contributed by atoms with Crippen LogP contribution in [0.1, 0.15) is 16.5 Å². The molecule has 0 atom stereocenters. The standard InChI is InChI=1S/C10H8N2O3S/c1-7-6-16-9(11-7)4-2-8-3-5-10(15-8)12(13)14/h2-6H,1H3. The average molecular weight is 236 g/mol. The Morgan fingerprint density at radius 2 is 2.31 bits per heavy atom. The summed E-state index contributed by atoms with van der Waals surface area (Å²) in [5, 5.41) is 13.1. The van der Waals surface area contributed by atoms with Crippen LogP contribution in [0.3, 0.4) is 0 Å². The summed E-state index contributed by atoms with van der Waals surface area (Å²) in [4.78, 5) is 14.0. The third-order valence-electron chi connectivity index (χ3n) is 1.82. The molecule has 0 N–H and O–H groups in total. The predicted octanol–water partition coefficient (Wildman–Crippen LogP) is 3.12. The molecule has 2 heterocycles. The molecule has 0 aromatic carbocycles. The number of nitro groups is 1. The highest BCUT2D eigenvalue weighted by atomic mass is 32.1. The summed E-state index contributed by atoms with van der Waals surface area (Å²) in [5.41, 5.74) is 0.954. The van der Waals surface area contributed by atoms with Crippen LogP contribution in [0.5, 0.6) is 0 Å². The highest BCUT2D eigenvalue weighted by Gasteiger charge is 2.09. The highest BCUT2D eigenvalue weighted by Crippen LogP contribution is 2.18. The Kier molecular flexibility index (Phi) is 2.82. The van der Waals surface area contributed by atoms with Gasteiger partial charge in [0.05, 0.1) is 6.07 Å². The van der Waals surface area contributed by atoms with E-state index < -0.39 is 4.92 Å². The van der Waals surface area contributed by atoms with Gasteiger partial charge in [-0.2, -0.15) is 0 Å². The van der Waals surface area contributed by atoms with E-state index in [1.165, 1.54) is 17.4 Å². The molecule has 0 amide bonds. The number of thiazole rings is 1. The molecular weight excluding hydrogens is 228 g/mol. The number of hydrogen-bond donors (Lipinski definition) is 0. The molecule has 0 aliphatic rings. The smallest absolute Gasteiger partial charge is 0.401 e. The topological polar surface area (TPSA) is 69.2 Å².